The fourth-order valence-electron chi connectivity index (χ4n) is 2.21. The van der Waals surface area contributed by atoms with Gasteiger partial charge in [0.1, 0.15) is 0 Å². The van der Waals surface area contributed by atoms with E-state index in [4.69, 9.17) is 4.52 Å². The largest absolute Gasteiger partial charge is 0.346 e. The van der Waals surface area contributed by atoms with Gasteiger partial charge in [0.25, 0.3) is 0 Å². The smallest absolute Gasteiger partial charge is 0.246 e. The summed E-state index contributed by atoms with van der Waals surface area (Å²) in [7, 11) is 0. The predicted molar refractivity (Wildman–Crippen MR) is 98.1 cm³/mol. The highest BCUT2D eigenvalue weighted by Gasteiger charge is 2.16. The topological polar surface area (TPSA) is 68.0 Å². The second-order valence-electron chi connectivity index (χ2n) is 5.67. The first-order valence-corrected chi connectivity index (χ1v) is 8.89. The Bertz CT molecular complexity index is 831. The summed E-state index contributed by atoms with van der Waals surface area (Å²) in [5, 5.41) is 6.57. The van der Waals surface area contributed by atoms with Crippen LogP contribution in [0.15, 0.2) is 64.0 Å². The third kappa shape index (κ3) is 4.70. The van der Waals surface area contributed by atoms with Gasteiger partial charge < -0.3 is 9.84 Å². The molecule has 2 aromatic carbocycles. The number of aromatic nitrogens is 2. The third-order valence-corrected chi connectivity index (χ3v) is 4.73. The van der Waals surface area contributed by atoms with E-state index >= 15 is 0 Å². The second kappa shape index (κ2) is 7.98. The van der Waals surface area contributed by atoms with E-state index in [1.54, 1.807) is 0 Å². The number of thioether (sulfide) groups is 1. The molecule has 0 aliphatic heterocycles. The van der Waals surface area contributed by atoms with Crippen LogP contribution in [0, 0.1) is 6.92 Å². The van der Waals surface area contributed by atoms with Crippen LogP contribution < -0.4 is 5.32 Å². The van der Waals surface area contributed by atoms with Crippen molar-refractivity contribution < 1.29 is 9.32 Å². The quantitative estimate of drug-likeness (QED) is 0.682. The number of hydrogen-bond acceptors (Lipinski definition) is 5. The van der Waals surface area contributed by atoms with Crippen LogP contribution in [0.3, 0.4) is 0 Å². The van der Waals surface area contributed by atoms with Gasteiger partial charge in [0.2, 0.25) is 17.6 Å². The van der Waals surface area contributed by atoms with Gasteiger partial charge in [-0.05, 0) is 26.0 Å². The van der Waals surface area contributed by atoms with Crippen LogP contribution in [-0.2, 0) is 11.3 Å². The van der Waals surface area contributed by atoms with E-state index in [1.165, 1.54) is 17.3 Å². The fraction of sp³-hybridized carbons (Fsp3) is 0.211. The molecule has 1 N–H and O–H groups in total. The minimum atomic E-state index is -0.209. The molecule has 1 aromatic heterocycles. The Kier molecular flexibility index (Phi) is 5.50. The Balaban J connectivity index is 1.53. The zero-order chi connectivity index (χ0) is 17.6. The molecule has 0 aliphatic carbocycles. The molecule has 3 rings (SSSR count). The molecule has 0 saturated heterocycles. The Morgan fingerprint density at radius 3 is 2.60 bits per heavy atom. The van der Waals surface area contributed by atoms with E-state index in [0.29, 0.717) is 11.7 Å². The number of amides is 1. The lowest BCUT2D eigenvalue weighted by Crippen LogP contribution is -2.30. The molecule has 1 atom stereocenters. The van der Waals surface area contributed by atoms with E-state index in [1.807, 2.05) is 68.4 Å². The highest BCUT2D eigenvalue weighted by molar-refractivity contribution is 8.00. The van der Waals surface area contributed by atoms with Gasteiger partial charge >= 0.3 is 0 Å². The van der Waals surface area contributed by atoms with E-state index in [2.05, 4.69) is 15.5 Å². The van der Waals surface area contributed by atoms with Gasteiger partial charge in [0.15, 0.2) is 0 Å². The average molecular weight is 353 g/mol. The summed E-state index contributed by atoms with van der Waals surface area (Å²) in [6, 6.07) is 17.7. The highest BCUT2D eigenvalue weighted by Crippen LogP contribution is 2.23. The summed E-state index contributed by atoms with van der Waals surface area (Å²) >= 11 is 1.52. The lowest BCUT2D eigenvalue weighted by atomic mass is 10.2. The van der Waals surface area contributed by atoms with Crippen molar-refractivity contribution in [3.63, 3.8) is 0 Å². The molecule has 0 spiro atoms. The highest BCUT2D eigenvalue weighted by atomic mass is 32.2. The lowest BCUT2D eigenvalue weighted by Gasteiger charge is -2.10. The molecule has 6 heteroatoms. The maximum Gasteiger partial charge on any atom is 0.246 e. The van der Waals surface area contributed by atoms with Crippen LogP contribution in [0.5, 0.6) is 0 Å². The number of carbonyl (C=O) groups excluding carboxylic acids is 1. The number of nitrogens with one attached hydrogen (secondary N) is 1. The Morgan fingerprint density at radius 2 is 1.88 bits per heavy atom. The van der Waals surface area contributed by atoms with Crippen LogP contribution in [0.25, 0.3) is 11.4 Å². The second-order valence-corrected chi connectivity index (χ2v) is 7.08. The zero-order valence-corrected chi connectivity index (χ0v) is 14.9. The fourth-order valence-corrected chi connectivity index (χ4v) is 3.10. The van der Waals surface area contributed by atoms with Crippen molar-refractivity contribution in [3.05, 3.63) is 66.1 Å². The van der Waals surface area contributed by atoms with E-state index in [9.17, 15) is 4.79 Å². The van der Waals surface area contributed by atoms with Crippen molar-refractivity contribution in [1.29, 1.82) is 0 Å². The minimum absolute atomic E-state index is 0.0648. The first-order chi connectivity index (χ1) is 12.1. The molecule has 1 unspecified atom stereocenters. The number of benzene rings is 2. The Morgan fingerprint density at radius 1 is 1.16 bits per heavy atom. The third-order valence-electron chi connectivity index (χ3n) is 3.62. The van der Waals surface area contributed by atoms with Crippen molar-refractivity contribution in [2.24, 2.45) is 0 Å². The minimum Gasteiger partial charge on any atom is -0.346 e. The van der Waals surface area contributed by atoms with Crippen LogP contribution in [-0.4, -0.2) is 21.3 Å². The first kappa shape index (κ1) is 17.2. The molecule has 1 amide bonds. The van der Waals surface area contributed by atoms with Crippen LogP contribution in [0.4, 0.5) is 0 Å². The number of nitrogens with zero attached hydrogens (tertiary/aromatic N) is 2. The Hall–Kier alpha value is -2.60. The molecule has 128 valence electrons. The molecular formula is C19H19N3O2S. The van der Waals surface area contributed by atoms with Crippen molar-refractivity contribution in [3.8, 4) is 11.4 Å². The monoisotopic (exact) mass is 353 g/mol. The van der Waals surface area contributed by atoms with Gasteiger partial charge in [-0.25, -0.2) is 0 Å². The SMILES string of the molecule is Cc1ccc(SC(C)C(=O)NCc2nc(-c3ccccc3)no2)cc1. The number of aryl methyl sites for hydroxylation is 1. The molecule has 5 nitrogen and oxygen atoms in total. The molecule has 0 saturated carbocycles. The zero-order valence-electron chi connectivity index (χ0n) is 14.1. The first-order valence-electron chi connectivity index (χ1n) is 8.01. The maximum absolute atomic E-state index is 12.2. The lowest BCUT2D eigenvalue weighted by molar-refractivity contribution is -0.120. The summed E-state index contributed by atoms with van der Waals surface area (Å²) in [5.41, 5.74) is 2.08. The van der Waals surface area contributed by atoms with E-state index in [0.717, 1.165) is 10.5 Å². The summed E-state index contributed by atoms with van der Waals surface area (Å²) < 4.78 is 5.20. The number of hydrogen-bond donors (Lipinski definition) is 1. The molecule has 0 aliphatic rings. The molecule has 3 aromatic rings. The summed E-state index contributed by atoms with van der Waals surface area (Å²) in [6.45, 7) is 4.14. The molecule has 0 bridgehead atoms. The molecule has 1 heterocycles. The summed E-state index contributed by atoms with van der Waals surface area (Å²) in [6.07, 6.45) is 0. The molecule has 0 radical (unpaired) electrons. The van der Waals surface area contributed by atoms with Crippen molar-refractivity contribution in [1.82, 2.24) is 15.5 Å². The predicted octanol–water partition coefficient (Wildman–Crippen LogP) is 3.84. The van der Waals surface area contributed by atoms with Gasteiger partial charge in [-0.15, -0.1) is 11.8 Å². The Labute approximate surface area is 150 Å². The van der Waals surface area contributed by atoms with Gasteiger partial charge in [-0.1, -0.05) is 53.2 Å². The van der Waals surface area contributed by atoms with Crippen molar-refractivity contribution >= 4 is 17.7 Å². The van der Waals surface area contributed by atoms with E-state index in [-0.39, 0.29) is 17.7 Å². The van der Waals surface area contributed by atoms with Gasteiger partial charge in [-0.3, -0.25) is 4.79 Å². The standard InChI is InChI=1S/C19H19N3O2S/c1-13-8-10-16(11-9-13)25-14(2)19(23)20-12-17-21-18(22-24-17)15-6-4-3-5-7-15/h3-11,14H,12H2,1-2H3,(H,20,23). The van der Waals surface area contributed by atoms with Crippen molar-refractivity contribution in [2.75, 3.05) is 0 Å². The average Bonchev–Trinajstić information content (AvgIpc) is 3.11. The van der Waals surface area contributed by atoms with Gasteiger partial charge in [0, 0.05) is 10.5 Å². The summed E-state index contributed by atoms with van der Waals surface area (Å²) in [4.78, 5) is 17.6. The van der Waals surface area contributed by atoms with Crippen LogP contribution in [0.1, 0.15) is 18.4 Å². The molecular weight excluding hydrogens is 334 g/mol. The molecule has 0 fully saturated rings. The maximum atomic E-state index is 12.2. The normalized spacial score (nSPS) is 11.9. The molecule has 25 heavy (non-hydrogen) atoms. The van der Waals surface area contributed by atoms with Crippen LogP contribution >= 0.6 is 11.8 Å². The summed E-state index contributed by atoms with van der Waals surface area (Å²) in [5.74, 6) is 0.844. The van der Waals surface area contributed by atoms with E-state index < -0.39 is 0 Å². The van der Waals surface area contributed by atoms with Crippen molar-refractivity contribution in [2.45, 2.75) is 30.5 Å². The van der Waals surface area contributed by atoms with Gasteiger partial charge in [-0.2, -0.15) is 4.98 Å². The van der Waals surface area contributed by atoms with Gasteiger partial charge in [0.05, 0.1) is 11.8 Å². The van der Waals surface area contributed by atoms with Crippen LogP contribution in [0.2, 0.25) is 0 Å². The number of carbonyl (C=O) groups is 1. The number of rotatable bonds is 6.